The van der Waals surface area contributed by atoms with E-state index in [0.717, 1.165) is 19.6 Å². The van der Waals surface area contributed by atoms with Crippen LogP contribution >= 0.6 is 0 Å². The lowest BCUT2D eigenvalue weighted by Crippen LogP contribution is -2.31. The molecule has 2 heterocycles. The first-order valence-electron chi connectivity index (χ1n) is 8.48. The van der Waals surface area contributed by atoms with Gasteiger partial charge in [0.1, 0.15) is 0 Å². The number of hydrogen-bond donors (Lipinski definition) is 1. The maximum Gasteiger partial charge on any atom is 0.0534 e. The minimum Gasteiger partial charge on any atom is -0.330 e. The van der Waals surface area contributed by atoms with Crippen molar-refractivity contribution in [2.24, 2.45) is 5.73 Å². The van der Waals surface area contributed by atoms with Crippen molar-refractivity contribution in [2.75, 3.05) is 39.3 Å². The minimum absolute atomic E-state index is 0.833. The third-order valence-corrected chi connectivity index (χ3v) is 4.28. The summed E-state index contributed by atoms with van der Waals surface area (Å²) in [4.78, 5) is 5.18. The Morgan fingerprint density at radius 2 is 1.90 bits per heavy atom. The molecule has 1 aliphatic heterocycles. The van der Waals surface area contributed by atoms with Crippen molar-refractivity contribution in [3.8, 4) is 0 Å². The Kier molecular flexibility index (Phi) is 7.19. The van der Waals surface area contributed by atoms with E-state index in [0.29, 0.717) is 0 Å². The molecule has 5 heteroatoms. The predicted molar refractivity (Wildman–Crippen MR) is 87.1 cm³/mol. The van der Waals surface area contributed by atoms with E-state index in [-0.39, 0.29) is 0 Å². The average molecular weight is 293 g/mol. The third-order valence-electron chi connectivity index (χ3n) is 4.28. The van der Waals surface area contributed by atoms with Crippen molar-refractivity contribution in [2.45, 2.75) is 45.7 Å². The monoisotopic (exact) mass is 293 g/mol. The Balaban J connectivity index is 1.70. The van der Waals surface area contributed by atoms with Crippen LogP contribution in [0.1, 0.15) is 38.2 Å². The van der Waals surface area contributed by atoms with Gasteiger partial charge >= 0.3 is 0 Å². The van der Waals surface area contributed by atoms with E-state index in [9.17, 15) is 0 Å². The van der Waals surface area contributed by atoms with Crippen LogP contribution in [0.3, 0.4) is 0 Å². The molecule has 1 aliphatic rings. The Morgan fingerprint density at radius 1 is 1.10 bits per heavy atom. The first-order chi connectivity index (χ1) is 10.3. The van der Waals surface area contributed by atoms with Crippen molar-refractivity contribution >= 4 is 0 Å². The third kappa shape index (κ3) is 5.77. The zero-order valence-electron chi connectivity index (χ0n) is 13.5. The van der Waals surface area contributed by atoms with Gasteiger partial charge in [-0.05, 0) is 52.4 Å². The van der Waals surface area contributed by atoms with Crippen molar-refractivity contribution in [1.82, 2.24) is 19.6 Å². The van der Waals surface area contributed by atoms with Crippen LogP contribution in [-0.4, -0.2) is 58.8 Å². The highest BCUT2D eigenvalue weighted by Crippen LogP contribution is 2.09. The van der Waals surface area contributed by atoms with E-state index in [1.807, 2.05) is 10.9 Å². The quantitative estimate of drug-likeness (QED) is 0.739. The summed E-state index contributed by atoms with van der Waals surface area (Å²) in [5.74, 6) is 0. The molecule has 0 radical (unpaired) electrons. The number of unbranched alkanes of at least 4 members (excludes halogenated alkanes) is 2. The molecule has 1 saturated heterocycles. The van der Waals surface area contributed by atoms with Crippen molar-refractivity contribution in [3.05, 3.63) is 18.0 Å². The summed E-state index contributed by atoms with van der Waals surface area (Å²) in [6.45, 7) is 11.0. The molecule has 0 saturated carbocycles. The fourth-order valence-corrected chi connectivity index (χ4v) is 2.98. The van der Waals surface area contributed by atoms with Crippen LogP contribution in [0.15, 0.2) is 12.4 Å². The normalized spacial score (nSPS) is 18.0. The average Bonchev–Trinajstić information content (AvgIpc) is 2.83. The number of nitrogens with zero attached hydrogens (tertiary/aromatic N) is 4. The highest BCUT2D eigenvalue weighted by molar-refractivity contribution is 5.03. The smallest absolute Gasteiger partial charge is 0.0534 e. The van der Waals surface area contributed by atoms with Gasteiger partial charge in [-0.25, -0.2) is 0 Å². The topological polar surface area (TPSA) is 50.3 Å². The molecule has 0 atom stereocenters. The molecule has 0 bridgehead atoms. The molecule has 1 aromatic heterocycles. The Morgan fingerprint density at radius 3 is 2.67 bits per heavy atom. The second-order valence-electron chi connectivity index (χ2n) is 6.02. The molecule has 120 valence electrons. The van der Waals surface area contributed by atoms with E-state index in [2.05, 4.69) is 28.0 Å². The lowest BCUT2D eigenvalue weighted by atomic mass is 10.2. The number of hydrogen-bond acceptors (Lipinski definition) is 4. The van der Waals surface area contributed by atoms with Gasteiger partial charge < -0.3 is 10.6 Å². The Labute approximate surface area is 129 Å². The number of rotatable bonds is 8. The zero-order valence-corrected chi connectivity index (χ0v) is 13.5. The summed E-state index contributed by atoms with van der Waals surface area (Å²) in [5, 5.41) is 4.37. The lowest BCUT2D eigenvalue weighted by Gasteiger charge is -2.21. The molecule has 1 aromatic rings. The van der Waals surface area contributed by atoms with Crippen LogP contribution in [0.25, 0.3) is 0 Å². The first kappa shape index (κ1) is 16.5. The zero-order chi connectivity index (χ0) is 14.9. The summed E-state index contributed by atoms with van der Waals surface area (Å²) >= 11 is 0. The van der Waals surface area contributed by atoms with Crippen molar-refractivity contribution < 1.29 is 0 Å². The lowest BCUT2D eigenvalue weighted by molar-refractivity contribution is 0.248. The van der Waals surface area contributed by atoms with Gasteiger partial charge in [0, 0.05) is 37.9 Å². The summed E-state index contributed by atoms with van der Waals surface area (Å²) < 4.78 is 2.01. The fourth-order valence-electron chi connectivity index (χ4n) is 2.98. The number of nitrogens with two attached hydrogens (primary N) is 1. The summed E-state index contributed by atoms with van der Waals surface area (Å²) in [5.41, 5.74) is 6.89. The standard InChI is InChI=1S/C16H31N5/c1-2-21-15-16(13-18-21)14-20-10-6-9-19(11-12-20)8-5-3-4-7-17/h13,15H,2-12,14,17H2,1H3. The van der Waals surface area contributed by atoms with Gasteiger partial charge in [-0.1, -0.05) is 6.42 Å². The van der Waals surface area contributed by atoms with E-state index in [1.54, 1.807) is 0 Å². The number of aryl methyl sites for hydroxylation is 1. The molecule has 0 unspecified atom stereocenters. The van der Waals surface area contributed by atoms with Crippen LogP contribution in [0.2, 0.25) is 0 Å². The van der Waals surface area contributed by atoms with Gasteiger partial charge in [0.2, 0.25) is 0 Å². The van der Waals surface area contributed by atoms with Gasteiger partial charge in [0.05, 0.1) is 6.20 Å². The van der Waals surface area contributed by atoms with Crippen LogP contribution in [0.4, 0.5) is 0 Å². The highest BCUT2D eigenvalue weighted by atomic mass is 15.3. The molecular weight excluding hydrogens is 262 g/mol. The van der Waals surface area contributed by atoms with Gasteiger partial charge in [-0.3, -0.25) is 9.58 Å². The van der Waals surface area contributed by atoms with E-state index in [1.165, 1.54) is 64.0 Å². The maximum absolute atomic E-state index is 5.55. The SMILES string of the molecule is CCn1cc(CN2CCCN(CCCCCN)CC2)cn1. The van der Waals surface area contributed by atoms with E-state index < -0.39 is 0 Å². The van der Waals surface area contributed by atoms with Crippen LogP contribution in [0, 0.1) is 0 Å². The highest BCUT2D eigenvalue weighted by Gasteiger charge is 2.15. The van der Waals surface area contributed by atoms with E-state index >= 15 is 0 Å². The first-order valence-corrected chi connectivity index (χ1v) is 8.48. The fraction of sp³-hybridized carbons (Fsp3) is 0.812. The largest absolute Gasteiger partial charge is 0.330 e. The molecule has 2 rings (SSSR count). The van der Waals surface area contributed by atoms with Crippen LogP contribution in [0.5, 0.6) is 0 Å². The minimum atomic E-state index is 0.833. The molecule has 2 N–H and O–H groups in total. The van der Waals surface area contributed by atoms with Gasteiger partial charge in [-0.15, -0.1) is 0 Å². The second-order valence-corrected chi connectivity index (χ2v) is 6.02. The van der Waals surface area contributed by atoms with E-state index in [4.69, 9.17) is 5.73 Å². The summed E-state index contributed by atoms with van der Waals surface area (Å²) in [7, 11) is 0. The Bertz CT molecular complexity index is 390. The molecule has 0 amide bonds. The number of aromatic nitrogens is 2. The molecule has 1 fully saturated rings. The van der Waals surface area contributed by atoms with Crippen LogP contribution in [-0.2, 0) is 13.1 Å². The predicted octanol–water partition coefficient (Wildman–Crippen LogP) is 1.54. The van der Waals surface area contributed by atoms with Gasteiger partial charge in [-0.2, -0.15) is 5.10 Å². The molecule has 0 spiro atoms. The summed E-state index contributed by atoms with van der Waals surface area (Å²) in [6, 6.07) is 0. The van der Waals surface area contributed by atoms with Crippen molar-refractivity contribution in [1.29, 1.82) is 0 Å². The second kappa shape index (κ2) is 9.18. The molecule has 0 aliphatic carbocycles. The Hall–Kier alpha value is -0.910. The van der Waals surface area contributed by atoms with Crippen molar-refractivity contribution in [3.63, 3.8) is 0 Å². The molecule has 0 aromatic carbocycles. The van der Waals surface area contributed by atoms with Gasteiger partial charge in [0.25, 0.3) is 0 Å². The maximum atomic E-state index is 5.55. The molecular formula is C16H31N5. The molecule has 5 nitrogen and oxygen atoms in total. The van der Waals surface area contributed by atoms with Crippen LogP contribution < -0.4 is 5.73 Å². The van der Waals surface area contributed by atoms with Gasteiger partial charge in [0.15, 0.2) is 0 Å². The summed E-state index contributed by atoms with van der Waals surface area (Å²) in [6.07, 6.45) is 9.20. The molecule has 21 heavy (non-hydrogen) atoms.